The van der Waals surface area contributed by atoms with Crippen molar-refractivity contribution < 1.29 is 18.8 Å². The second kappa shape index (κ2) is 5.90. The number of piperidine rings is 1. The number of nitro groups is 1. The van der Waals surface area contributed by atoms with E-state index in [1.807, 2.05) is 0 Å². The van der Waals surface area contributed by atoms with Crippen LogP contribution < -0.4 is 0 Å². The van der Waals surface area contributed by atoms with Gasteiger partial charge < -0.3 is 19.8 Å². The van der Waals surface area contributed by atoms with E-state index in [4.69, 9.17) is 4.74 Å². The SMILES string of the molecule is CC(C)(C)OC(=O)N1CCC(n2ccc([N+](=O)[O-])n2)C(F)C1. The van der Waals surface area contributed by atoms with Gasteiger partial charge in [0.25, 0.3) is 0 Å². The first kappa shape index (κ1) is 16.2. The van der Waals surface area contributed by atoms with Gasteiger partial charge in [-0.3, -0.25) is 0 Å². The topological polar surface area (TPSA) is 90.5 Å². The molecule has 1 amide bonds. The van der Waals surface area contributed by atoms with Crippen LogP contribution in [0.5, 0.6) is 0 Å². The van der Waals surface area contributed by atoms with E-state index in [-0.39, 0.29) is 12.4 Å². The number of rotatable bonds is 2. The van der Waals surface area contributed by atoms with Crippen molar-refractivity contribution >= 4 is 11.9 Å². The summed E-state index contributed by atoms with van der Waals surface area (Å²) in [5.74, 6) is -0.318. The predicted octanol–water partition coefficient (Wildman–Crippen LogP) is 2.31. The molecule has 9 heteroatoms. The van der Waals surface area contributed by atoms with Gasteiger partial charge in [-0.2, -0.15) is 4.68 Å². The van der Waals surface area contributed by atoms with E-state index in [1.165, 1.54) is 21.8 Å². The molecule has 122 valence electrons. The van der Waals surface area contributed by atoms with E-state index in [0.29, 0.717) is 13.0 Å². The summed E-state index contributed by atoms with van der Waals surface area (Å²) in [6, 6.07) is 0.611. The molecular weight excluding hydrogens is 295 g/mol. The normalized spacial score (nSPS) is 22.5. The molecule has 0 N–H and O–H groups in total. The number of ether oxygens (including phenoxy) is 1. The molecule has 2 rings (SSSR count). The van der Waals surface area contributed by atoms with Gasteiger partial charge in [0.05, 0.1) is 23.9 Å². The first-order valence-electron chi connectivity index (χ1n) is 6.99. The van der Waals surface area contributed by atoms with Crippen LogP contribution in [0, 0.1) is 10.1 Å². The highest BCUT2D eigenvalue weighted by Gasteiger charge is 2.36. The van der Waals surface area contributed by atoms with Gasteiger partial charge >= 0.3 is 11.9 Å². The third-order valence-electron chi connectivity index (χ3n) is 3.28. The first-order chi connectivity index (χ1) is 10.2. The number of alkyl halides is 1. The van der Waals surface area contributed by atoms with Crippen molar-refractivity contribution in [1.82, 2.24) is 14.7 Å². The van der Waals surface area contributed by atoms with Crippen LogP contribution in [0.1, 0.15) is 33.2 Å². The number of hydrogen-bond donors (Lipinski definition) is 0. The van der Waals surface area contributed by atoms with Crippen molar-refractivity contribution in [3.05, 3.63) is 22.4 Å². The van der Waals surface area contributed by atoms with Crippen LogP contribution in [0.15, 0.2) is 12.3 Å². The smallest absolute Gasteiger partial charge is 0.410 e. The zero-order valence-electron chi connectivity index (χ0n) is 12.7. The third kappa shape index (κ3) is 3.71. The Morgan fingerprint density at radius 2 is 2.23 bits per heavy atom. The van der Waals surface area contributed by atoms with Crippen LogP contribution in [-0.2, 0) is 4.74 Å². The molecule has 0 bridgehead atoms. The molecule has 1 aromatic rings. The number of likely N-dealkylation sites (tertiary alicyclic amines) is 1. The summed E-state index contributed by atoms with van der Waals surface area (Å²) in [5.41, 5.74) is -0.637. The summed E-state index contributed by atoms with van der Waals surface area (Å²) < 4.78 is 20.8. The number of nitrogens with zero attached hydrogens (tertiary/aromatic N) is 4. The molecule has 8 nitrogen and oxygen atoms in total. The minimum absolute atomic E-state index is 0.118. The van der Waals surface area contributed by atoms with Crippen molar-refractivity contribution in [2.75, 3.05) is 13.1 Å². The summed E-state index contributed by atoms with van der Waals surface area (Å²) in [6.07, 6.45) is -0.210. The molecule has 1 saturated heterocycles. The van der Waals surface area contributed by atoms with Gasteiger partial charge in [-0.15, -0.1) is 0 Å². The summed E-state index contributed by atoms with van der Waals surface area (Å²) in [7, 11) is 0. The second-order valence-electron chi connectivity index (χ2n) is 6.21. The van der Waals surface area contributed by atoms with E-state index in [0.717, 1.165) is 0 Å². The Labute approximate surface area is 127 Å². The molecule has 2 atom stereocenters. The molecular formula is C13H19FN4O4. The van der Waals surface area contributed by atoms with E-state index >= 15 is 0 Å². The molecule has 1 aliphatic rings. The molecule has 0 saturated carbocycles. The second-order valence-corrected chi connectivity index (χ2v) is 6.21. The highest BCUT2D eigenvalue weighted by molar-refractivity contribution is 5.68. The van der Waals surface area contributed by atoms with Crippen LogP contribution in [0.2, 0.25) is 0 Å². The summed E-state index contributed by atoms with van der Waals surface area (Å²) >= 11 is 0. The number of carbonyl (C=O) groups excluding carboxylic acids is 1. The Kier molecular flexibility index (Phi) is 4.34. The maximum absolute atomic E-state index is 14.3. The van der Waals surface area contributed by atoms with Gasteiger partial charge in [0.15, 0.2) is 0 Å². The van der Waals surface area contributed by atoms with E-state index < -0.39 is 28.8 Å². The Morgan fingerprint density at radius 3 is 2.73 bits per heavy atom. The lowest BCUT2D eigenvalue weighted by Crippen LogP contribution is -2.47. The van der Waals surface area contributed by atoms with E-state index in [2.05, 4.69) is 5.10 Å². The molecule has 2 unspecified atom stereocenters. The third-order valence-corrected chi connectivity index (χ3v) is 3.28. The molecule has 1 fully saturated rings. The Bertz CT molecular complexity index is 569. The predicted molar refractivity (Wildman–Crippen MR) is 75.2 cm³/mol. The van der Waals surface area contributed by atoms with Crippen LogP contribution >= 0.6 is 0 Å². The number of halogens is 1. The minimum atomic E-state index is -1.36. The zero-order chi connectivity index (χ0) is 16.5. The molecule has 22 heavy (non-hydrogen) atoms. The van der Waals surface area contributed by atoms with Crippen molar-refractivity contribution in [1.29, 1.82) is 0 Å². The van der Waals surface area contributed by atoms with Crippen LogP contribution in [0.4, 0.5) is 15.0 Å². The Hall–Kier alpha value is -2.19. The molecule has 0 radical (unpaired) electrons. The maximum atomic E-state index is 14.3. The van der Waals surface area contributed by atoms with Crippen molar-refractivity contribution in [2.45, 2.75) is 45.0 Å². The summed E-state index contributed by atoms with van der Waals surface area (Å²) in [6.45, 7) is 5.43. The molecule has 2 heterocycles. The molecule has 0 spiro atoms. The van der Waals surface area contributed by atoms with Gasteiger partial charge in [-0.1, -0.05) is 0 Å². The molecule has 1 aromatic heterocycles. The van der Waals surface area contributed by atoms with E-state index in [1.54, 1.807) is 20.8 Å². The fourth-order valence-corrected chi connectivity index (χ4v) is 2.29. The van der Waals surface area contributed by atoms with E-state index in [9.17, 15) is 19.3 Å². The molecule has 0 aliphatic carbocycles. The van der Waals surface area contributed by atoms with Crippen molar-refractivity contribution in [3.63, 3.8) is 0 Å². The van der Waals surface area contributed by atoms with Crippen LogP contribution in [0.25, 0.3) is 0 Å². The average Bonchev–Trinajstić information content (AvgIpc) is 2.86. The lowest BCUT2D eigenvalue weighted by atomic mass is 10.0. The van der Waals surface area contributed by atoms with Gasteiger partial charge in [-0.25, -0.2) is 9.18 Å². The highest BCUT2D eigenvalue weighted by atomic mass is 19.1. The van der Waals surface area contributed by atoms with Gasteiger partial charge in [-0.05, 0) is 32.1 Å². The number of aromatic nitrogens is 2. The van der Waals surface area contributed by atoms with Gasteiger partial charge in [0, 0.05) is 6.54 Å². The van der Waals surface area contributed by atoms with Crippen LogP contribution in [0.3, 0.4) is 0 Å². The quantitative estimate of drug-likeness (QED) is 0.617. The first-order valence-corrected chi connectivity index (χ1v) is 6.99. The lowest BCUT2D eigenvalue weighted by molar-refractivity contribution is -0.389. The molecule has 1 aliphatic heterocycles. The Balaban J connectivity index is 2.00. The highest BCUT2D eigenvalue weighted by Crippen LogP contribution is 2.27. The zero-order valence-corrected chi connectivity index (χ0v) is 12.7. The number of hydrogen-bond acceptors (Lipinski definition) is 5. The minimum Gasteiger partial charge on any atom is -0.444 e. The fraction of sp³-hybridized carbons (Fsp3) is 0.692. The lowest BCUT2D eigenvalue weighted by Gasteiger charge is -2.34. The Morgan fingerprint density at radius 1 is 1.55 bits per heavy atom. The van der Waals surface area contributed by atoms with Gasteiger partial charge in [0.2, 0.25) is 0 Å². The summed E-state index contributed by atoms with van der Waals surface area (Å²) in [4.78, 5) is 23.2. The van der Waals surface area contributed by atoms with Crippen LogP contribution in [-0.4, -0.2) is 50.6 Å². The van der Waals surface area contributed by atoms with Crippen molar-refractivity contribution in [2.24, 2.45) is 0 Å². The monoisotopic (exact) mass is 314 g/mol. The number of amides is 1. The standard InChI is InChI=1S/C13H19FN4O4/c1-13(2,3)22-12(19)16-6-4-10(9(14)8-16)17-7-5-11(15-17)18(20)21/h5,7,9-10H,4,6,8H2,1-3H3. The fourth-order valence-electron chi connectivity index (χ4n) is 2.29. The van der Waals surface area contributed by atoms with Gasteiger partial charge in [0.1, 0.15) is 17.8 Å². The molecule has 0 aromatic carbocycles. The maximum Gasteiger partial charge on any atom is 0.410 e. The van der Waals surface area contributed by atoms with Crippen molar-refractivity contribution in [3.8, 4) is 0 Å². The average molecular weight is 314 g/mol. The summed E-state index contributed by atoms with van der Waals surface area (Å²) in [5, 5.41) is 14.4. The largest absolute Gasteiger partial charge is 0.444 e. The number of carbonyl (C=O) groups is 1.